The van der Waals surface area contributed by atoms with Gasteiger partial charge in [0.25, 0.3) is 5.91 Å². The first-order chi connectivity index (χ1) is 16.5. The number of hydrogen-bond acceptors (Lipinski definition) is 6. The number of aliphatic carboxylic acids is 1. The average molecular weight is 480 g/mol. The van der Waals surface area contributed by atoms with Crippen molar-refractivity contribution in [3.05, 3.63) is 75.7 Å². The normalized spacial score (nSPS) is 12.0. The maximum Gasteiger partial charge on any atom is 0.407 e. The SMILES string of the molecule is CCCN(CC(=O)O)C(=O)c1csc(CNC(=O)OCC2c3ccccc3-c3ccccc32)n1. The fourth-order valence-corrected chi connectivity index (χ4v) is 4.84. The first-order valence-corrected chi connectivity index (χ1v) is 11.9. The minimum absolute atomic E-state index is 0.0268. The predicted molar refractivity (Wildman–Crippen MR) is 128 cm³/mol. The summed E-state index contributed by atoms with van der Waals surface area (Å²) in [5.41, 5.74) is 4.76. The van der Waals surface area contributed by atoms with Crippen LogP contribution in [0, 0.1) is 0 Å². The van der Waals surface area contributed by atoms with Crippen LogP contribution in [0.25, 0.3) is 11.1 Å². The number of ether oxygens (including phenoxy) is 1. The van der Waals surface area contributed by atoms with Gasteiger partial charge >= 0.3 is 12.1 Å². The second-order valence-corrected chi connectivity index (χ2v) is 8.87. The van der Waals surface area contributed by atoms with E-state index in [2.05, 4.69) is 34.6 Å². The van der Waals surface area contributed by atoms with Crippen LogP contribution in [-0.4, -0.2) is 52.7 Å². The van der Waals surface area contributed by atoms with Gasteiger partial charge in [0, 0.05) is 17.8 Å². The Balaban J connectivity index is 1.33. The minimum atomic E-state index is -1.07. The third-order valence-corrected chi connectivity index (χ3v) is 6.45. The Morgan fingerprint density at radius 1 is 1.09 bits per heavy atom. The highest BCUT2D eigenvalue weighted by Crippen LogP contribution is 2.44. The third-order valence-electron chi connectivity index (χ3n) is 5.61. The Labute approximate surface area is 201 Å². The molecule has 0 spiro atoms. The van der Waals surface area contributed by atoms with Crippen molar-refractivity contribution in [2.45, 2.75) is 25.8 Å². The van der Waals surface area contributed by atoms with Crippen molar-refractivity contribution in [2.75, 3.05) is 19.7 Å². The van der Waals surface area contributed by atoms with Gasteiger partial charge in [-0.05, 0) is 28.7 Å². The highest BCUT2D eigenvalue weighted by atomic mass is 32.1. The van der Waals surface area contributed by atoms with Gasteiger partial charge in [-0.1, -0.05) is 55.5 Å². The van der Waals surface area contributed by atoms with Gasteiger partial charge in [0.05, 0.1) is 6.54 Å². The van der Waals surface area contributed by atoms with Crippen LogP contribution in [-0.2, 0) is 16.1 Å². The zero-order valence-corrected chi connectivity index (χ0v) is 19.5. The summed E-state index contributed by atoms with van der Waals surface area (Å²) in [6.07, 6.45) is 0.0720. The maximum atomic E-state index is 12.6. The standard InChI is InChI=1S/C25H25N3O5S/c1-2-11-28(13-23(29)30)24(31)21-15-34-22(27-21)12-26-25(32)33-14-20-18-9-5-3-7-16(18)17-8-4-6-10-19(17)20/h3-10,15,20H,2,11-14H2,1H3,(H,26,32)(H,29,30). The Bertz CT molecular complexity index is 1160. The molecule has 0 radical (unpaired) electrons. The van der Waals surface area contributed by atoms with Crippen molar-refractivity contribution in [1.82, 2.24) is 15.2 Å². The van der Waals surface area contributed by atoms with Gasteiger partial charge in [-0.25, -0.2) is 9.78 Å². The molecule has 2 aromatic carbocycles. The summed E-state index contributed by atoms with van der Waals surface area (Å²) in [6, 6.07) is 16.2. The molecule has 0 aliphatic heterocycles. The van der Waals surface area contributed by atoms with Crippen molar-refractivity contribution in [3.63, 3.8) is 0 Å². The molecule has 0 bridgehead atoms. The summed E-state index contributed by atoms with van der Waals surface area (Å²) < 4.78 is 5.52. The molecular formula is C25H25N3O5S. The molecule has 0 saturated carbocycles. The number of aromatic nitrogens is 1. The molecule has 0 unspecified atom stereocenters. The van der Waals surface area contributed by atoms with Gasteiger partial charge in [-0.15, -0.1) is 11.3 Å². The molecule has 8 nitrogen and oxygen atoms in total. The van der Waals surface area contributed by atoms with Crippen molar-refractivity contribution in [1.29, 1.82) is 0 Å². The van der Waals surface area contributed by atoms with Gasteiger partial charge in [0.1, 0.15) is 23.9 Å². The number of thiazole rings is 1. The van der Waals surface area contributed by atoms with Crippen LogP contribution >= 0.6 is 11.3 Å². The Morgan fingerprint density at radius 2 is 1.74 bits per heavy atom. The number of nitrogens with one attached hydrogen (secondary N) is 1. The average Bonchev–Trinajstić information content (AvgIpc) is 3.43. The number of amides is 2. The first kappa shape index (κ1) is 23.4. The molecule has 176 valence electrons. The van der Waals surface area contributed by atoms with Gasteiger partial charge < -0.3 is 20.1 Å². The van der Waals surface area contributed by atoms with Crippen LogP contribution in [0.15, 0.2) is 53.9 Å². The van der Waals surface area contributed by atoms with E-state index < -0.39 is 18.0 Å². The number of carboxylic acids is 1. The number of alkyl carbamates (subject to hydrolysis) is 1. The van der Waals surface area contributed by atoms with Crippen LogP contribution < -0.4 is 5.32 Å². The lowest BCUT2D eigenvalue weighted by molar-refractivity contribution is -0.137. The van der Waals surface area contributed by atoms with E-state index in [0.29, 0.717) is 18.0 Å². The molecule has 1 aliphatic rings. The molecule has 2 amide bonds. The minimum Gasteiger partial charge on any atom is -0.480 e. The van der Waals surface area contributed by atoms with Gasteiger partial charge in [-0.3, -0.25) is 9.59 Å². The van der Waals surface area contributed by atoms with E-state index in [9.17, 15) is 14.4 Å². The van der Waals surface area contributed by atoms with E-state index in [1.54, 1.807) is 5.38 Å². The van der Waals surface area contributed by atoms with E-state index in [-0.39, 0.29) is 31.3 Å². The van der Waals surface area contributed by atoms with Crippen LogP contribution in [0.2, 0.25) is 0 Å². The molecule has 4 rings (SSSR count). The van der Waals surface area contributed by atoms with Crippen LogP contribution in [0.4, 0.5) is 4.79 Å². The number of carbonyl (C=O) groups excluding carboxylic acids is 2. The molecule has 2 N–H and O–H groups in total. The largest absolute Gasteiger partial charge is 0.480 e. The zero-order chi connectivity index (χ0) is 24.1. The lowest BCUT2D eigenvalue weighted by atomic mass is 9.98. The Hall–Kier alpha value is -3.72. The van der Waals surface area contributed by atoms with E-state index in [0.717, 1.165) is 22.3 Å². The van der Waals surface area contributed by atoms with Gasteiger partial charge in [0.2, 0.25) is 0 Å². The molecule has 0 atom stereocenters. The number of carbonyl (C=O) groups is 3. The zero-order valence-electron chi connectivity index (χ0n) is 18.7. The Morgan fingerprint density at radius 3 is 2.35 bits per heavy atom. The molecule has 0 fully saturated rings. The van der Waals surface area contributed by atoms with Crippen molar-refractivity contribution in [3.8, 4) is 11.1 Å². The topological polar surface area (TPSA) is 109 Å². The fraction of sp³-hybridized carbons (Fsp3) is 0.280. The number of benzene rings is 2. The molecule has 1 heterocycles. The van der Waals surface area contributed by atoms with Crippen LogP contribution in [0.3, 0.4) is 0 Å². The molecule has 1 aromatic heterocycles. The van der Waals surface area contributed by atoms with E-state index in [4.69, 9.17) is 9.84 Å². The summed E-state index contributed by atoms with van der Waals surface area (Å²) in [7, 11) is 0. The summed E-state index contributed by atoms with van der Waals surface area (Å²) >= 11 is 1.22. The number of fused-ring (bicyclic) bond motifs is 3. The summed E-state index contributed by atoms with van der Waals surface area (Å²) in [5, 5.41) is 13.8. The second-order valence-electron chi connectivity index (χ2n) is 7.93. The lowest BCUT2D eigenvalue weighted by Crippen LogP contribution is -2.36. The molecule has 1 aliphatic carbocycles. The van der Waals surface area contributed by atoms with Gasteiger partial charge in [-0.2, -0.15) is 0 Å². The van der Waals surface area contributed by atoms with E-state index in [1.807, 2.05) is 31.2 Å². The van der Waals surface area contributed by atoms with Gasteiger partial charge in [0.15, 0.2) is 0 Å². The molecular weight excluding hydrogens is 454 g/mol. The highest BCUT2D eigenvalue weighted by Gasteiger charge is 2.29. The van der Waals surface area contributed by atoms with Crippen LogP contribution in [0.5, 0.6) is 0 Å². The summed E-state index contributed by atoms with van der Waals surface area (Å²) in [5.74, 6) is -1.54. The number of nitrogens with zero attached hydrogens (tertiary/aromatic N) is 2. The number of rotatable bonds is 9. The monoisotopic (exact) mass is 479 g/mol. The maximum absolute atomic E-state index is 12.6. The molecule has 3 aromatic rings. The van der Waals surface area contributed by atoms with Crippen molar-refractivity contribution >= 4 is 29.3 Å². The predicted octanol–water partition coefficient (Wildman–Crippen LogP) is 4.12. The van der Waals surface area contributed by atoms with E-state index in [1.165, 1.54) is 16.2 Å². The summed E-state index contributed by atoms with van der Waals surface area (Å²) in [4.78, 5) is 41.4. The highest BCUT2D eigenvalue weighted by molar-refractivity contribution is 7.09. The first-order valence-electron chi connectivity index (χ1n) is 11.0. The quantitative estimate of drug-likeness (QED) is 0.478. The third kappa shape index (κ3) is 5.09. The summed E-state index contributed by atoms with van der Waals surface area (Å²) in [6.45, 7) is 2.14. The smallest absolute Gasteiger partial charge is 0.407 e. The van der Waals surface area contributed by atoms with E-state index >= 15 is 0 Å². The van der Waals surface area contributed by atoms with Crippen molar-refractivity contribution < 1.29 is 24.2 Å². The lowest BCUT2D eigenvalue weighted by Gasteiger charge is -2.18. The fourth-order valence-electron chi connectivity index (χ4n) is 4.14. The number of hydrogen-bond donors (Lipinski definition) is 2. The Kier molecular flexibility index (Phi) is 7.22. The molecule has 9 heteroatoms. The molecule has 34 heavy (non-hydrogen) atoms. The number of carboxylic acid groups (broad SMARTS) is 1. The molecule has 0 saturated heterocycles. The second kappa shape index (κ2) is 10.5. The van der Waals surface area contributed by atoms with Crippen LogP contribution in [0.1, 0.15) is 45.9 Å². The van der Waals surface area contributed by atoms with Crippen molar-refractivity contribution in [2.24, 2.45) is 0 Å².